The zero-order valence-electron chi connectivity index (χ0n) is 12.0. The van der Waals surface area contributed by atoms with Crippen LogP contribution in [0.1, 0.15) is 46.0 Å². The van der Waals surface area contributed by atoms with Crippen molar-refractivity contribution in [2.45, 2.75) is 46.0 Å². The van der Waals surface area contributed by atoms with Gasteiger partial charge in [-0.2, -0.15) is 0 Å². The summed E-state index contributed by atoms with van der Waals surface area (Å²) in [6, 6.07) is 9.12. The van der Waals surface area contributed by atoms with Crippen molar-refractivity contribution >= 4 is 5.97 Å². The second kappa shape index (κ2) is 8.52. The molecule has 0 fully saturated rings. The van der Waals surface area contributed by atoms with Gasteiger partial charge in [-0.1, -0.05) is 57.9 Å². The highest BCUT2D eigenvalue weighted by Gasteiger charge is 2.09. The monoisotopic (exact) mass is 260 g/mol. The molecular formula is C17H24O2. The van der Waals surface area contributed by atoms with E-state index in [1.54, 1.807) is 12.1 Å². The normalized spacial score (nSPS) is 10.5. The second-order valence-electron chi connectivity index (χ2n) is 5.30. The van der Waals surface area contributed by atoms with E-state index in [2.05, 4.69) is 20.4 Å². The van der Waals surface area contributed by atoms with Crippen molar-refractivity contribution in [2.75, 3.05) is 0 Å². The second-order valence-corrected chi connectivity index (χ2v) is 5.30. The summed E-state index contributed by atoms with van der Waals surface area (Å²) in [4.78, 5) is 11.8. The molecule has 0 aliphatic heterocycles. The number of benzene rings is 1. The minimum atomic E-state index is -0.310. The molecule has 2 nitrogen and oxygen atoms in total. The van der Waals surface area contributed by atoms with Gasteiger partial charge in [0.25, 0.3) is 0 Å². The number of hydrogen-bond acceptors (Lipinski definition) is 2. The molecule has 0 amide bonds. The standard InChI is InChI=1S/C17H24O2/c1-14(2)10-6-4-7-11-15(3)17(18)19-16-12-8-5-9-13-16/h5,8-9,12-14H,3-4,6-7,10-11H2,1-2H3. The summed E-state index contributed by atoms with van der Waals surface area (Å²) in [5, 5.41) is 0. The average Bonchev–Trinajstić information content (AvgIpc) is 2.38. The van der Waals surface area contributed by atoms with Crippen molar-refractivity contribution in [1.29, 1.82) is 0 Å². The summed E-state index contributed by atoms with van der Waals surface area (Å²) in [5.41, 5.74) is 0.563. The Balaban J connectivity index is 2.20. The lowest BCUT2D eigenvalue weighted by Crippen LogP contribution is -2.10. The molecule has 0 atom stereocenters. The third-order valence-corrected chi connectivity index (χ3v) is 3.00. The van der Waals surface area contributed by atoms with Gasteiger partial charge in [-0.05, 0) is 30.9 Å². The summed E-state index contributed by atoms with van der Waals surface area (Å²) >= 11 is 0. The number of carbonyl (C=O) groups excluding carboxylic acids is 1. The van der Waals surface area contributed by atoms with Crippen LogP contribution in [0, 0.1) is 5.92 Å². The first-order valence-electron chi connectivity index (χ1n) is 7.04. The van der Waals surface area contributed by atoms with E-state index >= 15 is 0 Å². The number of unbranched alkanes of at least 4 members (excludes halogenated alkanes) is 2. The Labute approximate surface area is 116 Å². The van der Waals surface area contributed by atoms with Crippen LogP contribution in [0.15, 0.2) is 42.5 Å². The van der Waals surface area contributed by atoms with Crippen LogP contribution in [0.25, 0.3) is 0 Å². The Bertz CT molecular complexity index is 393. The lowest BCUT2D eigenvalue weighted by atomic mass is 10.0. The molecule has 0 saturated carbocycles. The van der Waals surface area contributed by atoms with E-state index in [4.69, 9.17) is 4.74 Å². The number of esters is 1. The smallest absolute Gasteiger partial charge is 0.338 e. The fourth-order valence-electron chi connectivity index (χ4n) is 1.84. The number of ether oxygens (including phenoxy) is 1. The van der Waals surface area contributed by atoms with Gasteiger partial charge in [0, 0.05) is 5.57 Å². The van der Waals surface area contributed by atoms with Crippen LogP contribution in [-0.4, -0.2) is 5.97 Å². The molecule has 1 rings (SSSR count). The van der Waals surface area contributed by atoms with Gasteiger partial charge in [-0.25, -0.2) is 4.79 Å². The molecule has 0 spiro atoms. The fraction of sp³-hybridized carbons (Fsp3) is 0.471. The maximum atomic E-state index is 11.8. The zero-order valence-corrected chi connectivity index (χ0v) is 12.0. The molecule has 19 heavy (non-hydrogen) atoms. The third-order valence-electron chi connectivity index (χ3n) is 3.00. The SMILES string of the molecule is C=C(CCCCCC(C)C)C(=O)Oc1ccccc1. The van der Waals surface area contributed by atoms with Crippen LogP contribution in [0.2, 0.25) is 0 Å². The first kappa shape index (κ1) is 15.5. The lowest BCUT2D eigenvalue weighted by molar-refractivity contribution is -0.130. The molecule has 0 radical (unpaired) electrons. The van der Waals surface area contributed by atoms with E-state index in [0.29, 0.717) is 11.3 Å². The summed E-state index contributed by atoms with van der Waals surface area (Å²) in [7, 11) is 0. The molecule has 0 aliphatic carbocycles. The van der Waals surface area contributed by atoms with Crippen LogP contribution < -0.4 is 4.74 Å². The minimum absolute atomic E-state index is 0.310. The van der Waals surface area contributed by atoms with Gasteiger partial charge in [0.2, 0.25) is 0 Å². The molecule has 2 heteroatoms. The Morgan fingerprint density at radius 1 is 1.16 bits per heavy atom. The average molecular weight is 260 g/mol. The number of rotatable bonds is 8. The maximum Gasteiger partial charge on any atom is 0.338 e. The number of para-hydroxylation sites is 1. The van der Waals surface area contributed by atoms with E-state index in [1.807, 2.05) is 18.2 Å². The van der Waals surface area contributed by atoms with Gasteiger partial charge in [-0.3, -0.25) is 0 Å². The quantitative estimate of drug-likeness (QED) is 0.292. The highest BCUT2D eigenvalue weighted by Crippen LogP contribution is 2.15. The van der Waals surface area contributed by atoms with Crippen molar-refractivity contribution in [3.05, 3.63) is 42.5 Å². The van der Waals surface area contributed by atoms with Gasteiger partial charge in [-0.15, -0.1) is 0 Å². The van der Waals surface area contributed by atoms with Crippen molar-refractivity contribution in [1.82, 2.24) is 0 Å². The number of carbonyl (C=O) groups is 1. The van der Waals surface area contributed by atoms with Crippen molar-refractivity contribution < 1.29 is 9.53 Å². The van der Waals surface area contributed by atoms with E-state index in [9.17, 15) is 4.79 Å². The van der Waals surface area contributed by atoms with Crippen LogP contribution in [0.5, 0.6) is 5.75 Å². The number of hydrogen-bond donors (Lipinski definition) is 0. The summed E-state index contributed by atoms with van der Waals surface area (Å²) in [5.74, 6) is 1.02. The zero-order chi connectivity index (χ0) is 14.1. The molecule has 1 aromatic carbocycles. The largest absolute Gasteiger partial charge is 0.423 e. The molecule has 104 valence electrons. The first-order chi connectivity index (χ1) is 9.09. The minimum Gasteiger partial charge on any atom is -0.423 e. The van der Waals surface area contributed by atoms with E-state index in [-0.39, 0.29) is 5.97 Å². The maximum absolute atomic E-state index is 11.8. The van der Waals surface area contributed by atoms with E-state index in [0.717, 1.165) is 25.2 Å². The predicted molar refractivity (Wildman–Crippen MR) is 79.1 cm³/mol. The summed E-state index contributed by atoms with van der Waals surface area (Å²) < 4.78 is 5.23. The van der Waals surface area contributed by atoms with Gasteiger partial charge in [0.1, 0.15) is 5.75 Å². The van der Waals surface area contributed by atoms with Gasteiger partial charge in [0.05, 0.1) is 0 Å². The highest BCUT2D eigenvalue weighted by molar-refractivity contribution is 5.89. The Morgan fingerprint density at radius 2 is 1.84 bits per heavy atom. The Kier molecular flexibility index (Phi) is 6.94. The van der Waals surface area contributed by atoms with Gasteiger partial charge < -0.3 is 4.74 Å². The molecule has 0 saturated heterocycles. The fourth-order valence-corrected chi connectivity index (χ4v) is 1.84. The van der Waals surface area contributed by atoms with Gasteiger partial charge >= 0.3 is 5.97 Å². The highest BCUT2D eigenvalue weighted by atomic mass is 16.5. The van der Waals surface area contributed by atoms with Crippen molar-refractivity contribution in [2.24, 2.45) is 5.92 Å². The van der Waals surface area contributed by atoms with Gasteiger partial charge in [0.15, 0.2) is 0 Å². The molecule has 0 aromatic heterocycles. The van der Waals surface area contributed by atoms with E-state index < -0.39 is 0 Å². The molecule has 0 aliphatic rings. The molecule has 1 aromatic rings. The summed E-state index contributed by atoms with van der Waals surface area (Å²) in [6.45, 7) is 8.27. The molecule has 0 N–H and O–H groups in total. The lowest BCUT2D eigenvalue weighted by Gasteiger charge is -2.07. The molecular weight excluding hydrogens is 236 g/mol. The van der Waals surface area contributed by atoms with Crippen LogP contribution >= 0.6 is 0 Å². The molecule has 0 heterocycles. The molecule has 0 bridgehead atoms. The van der Waals surface area contributed by atoms with E-state index in [1.165, 1.54) is 12.8 Å². The predicted octanol–water partition coefficient (Wildman–Crippen LogP) is 4.75. The summed E-state index contributed by atoms with van der Waals surface area (Å²) in [6.07, 6.45) is 5.36. The third kappa shape index (κ3) is 6.80. The van der Waals surface area contributed by atoms with Crippen molar-refractivity contribution in [3.63, 3.8) is 0 Å². The molecule has 0 unspecified atom stereocenters. The Morgan fingerprint density at radius 3 is 2.47 bits per heavy atom. The van der Waals surface area contributed by atoms with Crippen LogP contribution in [-0.2, 0) is 4.79 Å². The van der Waals surface area contributed by atoms with Crippen LogP contribution in [0.3, 0.4) is 0 Å². The van der Waals surface area contributed by atoms with Crippen molar-refractivity contribution in [3.8, 4) is 5.75 Å². The topological polar surface area (TPSA) is 26.3 Å². The van der Waals surface area contributed by atoms with Crippen LogP contribution in [0.4, 0.5) is 0 Å². The first-order valence-corrected chi connectivity index (χ1v) is 7.04. The Hall–Kier alpha value is -1.57.